The number of rotatable bonds is 7. The van der Waals surface area contributed by atoms with Gasteiger partial charge in [-0.1, -0.05) is 50.1 Å². The van der Waals surface area contributed by atoms with Gasteiger partial charge < -0.3 is 15.0 Å². The number of hydrogen-bond donors (Lipinski definition) is 2. The Bertz CT molecular complexity index is 863. The Morgan fingerprint density at radius 3 is 2.54 bits per heavy atom. The van der Waals surface area contributed by atoms with Gasteiger partial charge in [-0.15, -0.1) is 0 Å². The highest BCUT2D eigenvalue weighted by molar-refractivity contribution is 6.31. The summed E-state index contributed by atoms with van der Waals surface area (Å²) in [5.41, 5.74) is 0.682. The predicted octanol–water partition coefficient (Wildman–Crippen LogP) is 2.78. The molecule has 0 spiro atoms. The van der Waals surface area contributed by atoms with Crippen LogP contribution in [0.1, 0.15) is 36.2 Å². The Morgan fingerprint density at radius 1 is 1.23 bits per heavy atom. The molecule has 2 rings (SSSR count). The SMILES string of the molecule is CC[C@H](C)[C@H](NC(=O)c1ccc(=O)n(Cc2ccccc2Cl)c1)C(=O)O. The van der Waals surface area contributed by atoms with Gasteiger partial charge in [-0.25, -0.2) is 4.79 Å². The second kappa shape index (κ2) is 8.67. The quantitative estimate of drug-likeness (QED) is 0.777. The number of nitrogens with zero attached hydrogens (tertiary/aromatic N) is 1. The van der Waals surface area contributed by atoms with E-state index in [4.69, 9.17) is 11.6 Å². The van der Waals surface area contributed by atoms with Gasteiger partial charge in [-0.3, -0.25) is 9.59 Å². The molecule has 138 valence electrons. The van der Waals surface area contributed by atoms with Gasteiger partial charge in [0.2, 0.25) is 0 Å². The lowest BCUT2D eigenvalue weighted by Crippen LogP contribution is -2.45. The van der Waals surface area contributed by atoms with E-state index in [1.807, 2.05) is 13.0 Å². The van der Waals surface area contributed by atoms with Crippen LogP contribution in [0.25, 0.3) is 0 Å². The van der Waals surface area contributed by atoms with Gasteiger partial charge in [0, 0.05) is 17.3 Å². The summed E-state index contributed by atoms with van der Waals surface area (Å²) in [6.07, 6.45) is 2.03. The highest BCUT2D eigenvalue weighted by atomic mass is 35.5. The third-order valence-electron chi connectivity index (χ3n) is 4.31. The van der Waals surface area contributed by atoms with Gasteiger partial charge >= 0.3 is 5.97 Å². The molecule has 0 saturated carbocycles. The minimum absolute atomic E-state index is 0.214. The van der Waals surface area contributed by atoms with Crippen LogP contribution in [-0.4, -0.2) is 27.6 Å². The van der Waals surface area contributed by atoms with E-state index in [-0.39, 0.29) is 23.6 Å². The summed E-state index contributed by atoms with van der Waals surface area (Å²) < 4.78 is 1.37. The number of amides is 1. The molecule has 2 aromatic rings. The largest absolute Gasteiger partial charge is 0.480 e. The van der Waals surface area contributed by atoms with Crippen LogP contribution in [0.5, 0.6) is 0 Å². The Kier molecular flexibility index (Phi) is 6.58. The molecule has 0 radical (unpaired) electrons. The van der Waals surface area contributed by atoms with Crippen LogP contribution in [0.2, 0.25) is 5.02 Å². The van der Waals surface area contributed by atoms with Crippen LogP contribution in [0.3, 0.4) is 0 Å². The number of halogens is 1. The summed E-state index contributed by atoms with van der Waals surface area (Å²) in [4.78, 5) is 35.9. The predicted molar refractivity (Wildman–Crippen MR) is 99.6 cm³/mol. The lowest BCUT2D eigenvalue weighted by Gasteiger charge is -2.20. The molecule has 1 heterocycles. The summed E-state index contributed by atoms with van der Waals surface area (Å²) in [5.74, 6) is -1.84. The average Bonchev–Trinajstić information content (AvgIpc) is 2.62. The summed E-state index contributed by atoms with van der Waals surface area (Å²) in [6, 6.07) is 8.80. The number of carbonyl (C=O) groups excluding carboxylic acids is 1. The molecule has 0 aliphatic rings. The van der Waals surface area contributed by atoms with Gasteiger partial charge in [-0.05, 0) is 23.6 Å². The zero-order valence-electron chi connectivity index (χ0n) is 14.6. The van der Waals surface area contributed by atoms with Gasteiger partial charge in [0.05, 0.1) is 12.1 Å². The third kappa shape index (κ3) is 4.73. The number of nitrogens with one attached hydrogen (secondary N) is 1. The number of aromatic nitrogens is 1. The Morgan fingerprint density at radius 2 is 1.92 bits per heavy atom. The van der Waals surface area contributed by atoms with Crippen LogP contribution < -0.4 is 10.9 Å². The molecule has 0 unspecified atom stereocenters. The van der Waals surface area contributed by atoms with Crippen molar-refractivity contribution in [3.63, 3.8) is 0 Å². The van der Waals surface area contributed by atoms with Crippen LogP contribution in [-0.2, 0) is 11.3 Å². The van der Waals surface area contributed by atoms with Crippen molar-refractivity contribution in [2.24, 2.45) is 5.92 Å². The Hall–Kier alpha value is -2.60. The first kappa shape index (κ1) is 19.7. The van der Waals surface area contributed by atoms with Crippen molar-refractivity contribution in [2.75, 3.05) is 0 Å². The zero-order chi connectivity index (χ0) is 19.3. The van der Waals surface area contributed by atoms with E-state index in [0.717, 1.165) is 5.56 Å². The van der Waals surface area contributed by atoms with Crippen LogP contribution in [0, 0.1) is 5.92 Å². The molecule has 1 aromatic heterocycles. The smallest absolute Gasteiger partial charge is 0.326 e. The summed E-state index contributed by atoms with van der Waals surface area (Å²) >= 11 is 6.12. The van der Waals surface area contributed by atoms with Crippen molar-refractivity contribution in [3.8, 4) is 0 Å². The van der Waals surface area contributed by atoms with Crippen LogP contribution in [0.4, 0.5) is 0 Å². The molecule has 0 aliphatic carbocycles. The zero-order valence-corrected chi connectivity index (χ0v) is 15.4. The number of pyridine rings is 1. The molecule has 0 fully saturated rings. The minimum atomic E-state index is -1.09. The summed E-state index contributed by atoms with van der Waals surface area (Å²) in [5, 5.41) is 12.4. The number of carboxylic acids is 1. The normalized spacial score (nSPS) is 13.0. The first-order valence-electron chi connectivity index (χ1n) is 8.31. The minimum Gasteiger partial charge on any atom is -0.480 e. The van der Waals surface area contributed by atoms with Crippen molar-refractivity contribution in [3.05, 3.63) is 69.1 Å². The standard InChI is InChI=1S/C19H21ClN2O4/c1-3-12(2)17(19(25)26)21-18(24)14-8-9-16(23)22(11-14)10-13-6-4-5-7-15(13)20/h4-9,11-12,17H,3,10H2,1-2H3,(H,21,24)(H,25,26)/t12-,17-/m0/s1. The Balaban J connectivity index is 2.25. The van der Waals surface area contributed by atoms with Gasteiger partial charge in [0.1, 0.15) is 6.04 Å². The van der Waals surface area contributed by atoms with E-state index >= 15 is 0 Å². The monoisotopic (exact) mass is 376 g/mol. The second-order valence-corrected chi connectivity index (χ2v) is 6.56. The molecule has 2 N–H and O–H groups in total. The first-order valence-corrected chi connectivity index (χ1v) is 8.68. The molecule has 6 nitrogen and oxygen atoms in total. The lowest BCUT2D eigenvalue weighted by atomic mass is 9.99. The van der Waals surface area contributed by atoms with Crippen LogP contribution in [0.15, 0.2) is 47.4 Å². The molecule has 0 aliphatic heterocycles. The van der Waals surface area contributed by atoms with Crippen molar-refractivity contribution in [1.29, 1.82) is 0 Å². The number of carbonyl (C=O) groups is 2. The summed E-state index contributed by atoms with van der Waals surface area (Å²) in [7, 11) is 0. The molecular formula is C19H21ClN2O4. The molecule has 0 saturated heterocycles. The molecule has 7 heteroatoms. The highest BCUT2D eigenvalue weighted by Crippen LogP contribution is 2.16. The van der Waals surface area contributed by atoms with E-state index in [1.54, 1.807) is 25.1 Å². The first-order chi connectivity index (χ1) is 12.3. The maximum Gasteiger partial charge on any atom is 0.326 e. The van der Waals surface area contributed by atoms with E-state index in [1.165, 1.54) is 22.9 Å². The molecule has 1 amide bonds. The number of carboxylic acid groups (broad SMARTS) is 1. The Labute approximate surface area is 156 Å². The van der Waals surface area contributed by atoms with Gasteiger partial charge in [-0.2, -0.15) is 0 Å². The summed E-state index contributed by atoms with van der Waals surface area (Å²) in [6.45, 7) is 3.83. The van der Waals surface area contributed by atoms with Crippen molar-refractivity contribution >= 4 is 23.5 Å². The van der Waals surface area contributed by atoms with Gasteiger partial charge in [0.15, 0.2) is 0 Å². The molecule has 1 aromatic carbocycles. The van der Waals surface area contributed by atoms with Gasteiger partial charge in [0.25, 0.3) is 11.5 Å². The molecular weight excluding hydrogens is 356 g/mol. The van der Waals surface area contributed by atoms with E-state index in [2.05, 4.69) is 5.32 Å². The number of hydrogen-bond acceptors (Lipinski definition) is 3. The van der Waals surface area contributed by atoms with Crippen molar-refractivity contribution in [2.45, 2.75) is 32.9 Å². The average molecular weight is 377 g/mol. The fraction of sp³-hybridized carbons (Fsp3) is 0.316. The maximum atomic E-state index is 12.4. The number of aliphatic carboxylic acids is 1. The number of benzene rings is 1. The lowest BCUT2D eigenvalue weighted by molar-refractivity contribution is -0.140. The molecule has 2 atom stereocenters. The fourth-order valence-electron chi connectivity index (χ4n) is 2.51. The second-order valence-electron chi connectivity index (χ2n) is 6.15. The van der Waals surface area contributed by atoms with Crippen LogP contribution >= 0.6 is 11.6 Å². The molecule has 0 bridgehead atoms. The van der Waals surface area contributed by atoms with E-state index < -0.39 is 17.9 Å². The van der Waals surface area contributed by atoms with E-state index in [0.29, 0.717) is 11.4 Å². The fourth-order valence-corrected chi connectivity index (χ4v) is 2.70. The third-order valence-corrected chi connectivity index (χ3v) is 4.68. The molecule has 26 heavy (non-hydrogen) atoms. The highest BCUT2D eigenvalue weighted by Gasteiger charge is 2.25. The maximum absolute atomic E-state index is 12.4. The topological polar surface area (TPSA) is 88.4 Å². The van der Waals surface area contributed by atoms with Crippen molar-refractivity contribution in [1.82, 2.24) is 9.88 Å². The van der Waals surface area contributed by atoms with E-state index in [9.17, 15) is 19.5 Å². The van der Waals surface area contributed by atoms with Crippen molar-refractivity contribution < 1.29 is 14.7 Å².